The Morgan fingerprint density at radius 2 is 1.44 bits per heavy atom. The molecule has 0 amide bonds. The molecule has 0 heterocycles. The average molecular weight is 387 g/mol. The van der Waals surface area contributed by atoms with Gasteiger partial charge in [0.1, 0.15) is 23.9 Å². The van der Waals surface area contributed by atoms with E-state index in [9.17, 15) is 9.59 Å². The molecular formula is C21H19ClO5. The van der Waals surface area contributed by atoms with Gasteiger partial charge in [0.2, 0.25) is 0 Å². The summed E-state index contributed by atoms with van der Waals surface area (Å²) in [5, 5.41) is 0.299. The van der Waals surface area contributed by atoms with Gasteiger partial charge >= 0.3 is 11.9 Å². The van der Waals surface area contributed by atoms with E-state index in [-0.39, 0.29) is 17.9 Å². The number of hydrogen-bond donors (Lipinski definition) is 0. The monoisotopic (exact) mass is 386 g/mol. The minimum atomic E-state index is -0.534. The van der Waals surface area contributed by atoms with Crippen molar-refractivity contribution in [2.24, 2.45) is 0 Å². The van der Waals surface area contributed by atoms with Gasteiger partial charge in [0.25, 0.3) is 0 Å². The Balaban J connectivity index is 1.95. The highest BCUT2D eigenvalue weighted by molar-refractivity contribution is 6.32. The van der Waals surface area contributed by atoms with Crippen molar-refractivity contribution in [3.05, 3.63) is 77.4 Å². The average Bonchev–Trinajstić information content (AvgIpc) is 2.62. The first-order valence-corrected chi connectivity index (χ1v) is 8.40. The van der Waals surface area contributed by atoms with Crippen molar-refractivity contribution in [1.29, 1.82) is 0 Å². The topological polar surface area (TPSA) is 61.8 Å². The number of carbonyl (C=O) groups is 2. The predicted molar refractivity (Wildman–Crippen MR) is 103 cm³/mol. The molecule has 0 N–H and O–H groups in total. The van der Waals surface area contributed by atoms with Crippen molar-refractivity contribution in [3.8, 4) is 17.2 Å². The van der Waals surface area contributed by atoms with Gasteiger partial charge in [-0.15, -0.1) is 0 Å². The number of esters is 2. The molecule has 5 nitrogen and oxygen atoms in total. The summed E-state index contributed by atoms with van der Waals surface area (Å²) in [7, 11) is 0. The highest BCUT2D eigenvalue weighted by atomic mass is 35.5. The van der Waals surface area contributed by atoms with Crippen LogP contribution in [0.2, 0.25) is 5.02 Å². The lowest BCUT2D eigenvalue weighted by molar-refractivity contribution is -0.130. The smallest absolute Gasteiger partial charge is 0.338 e. The second-order valence-electron chi connectivity index (χ2n) is 5.86. The zero-order chi connectivity index (χ0) is 20.0. The third-order valence-electron chi connectivity index (χ3n) is 3.34. The lowest BCUT2D eigenvalue weighted by Crippen LogP contribution is -2.08. The summed E-state index contributed by atoms with van der Waals surface area (Å²) in [6.45, 7) is 10.5. The first-order valence-electron chi connectivity index (χ1n) is 8.03. The lowest BCUT2D eigenvalue weighted by Gasteiger charge is -2.10. The Kier molecular flexibility index (Phi) is 6.79. The molecule has 6 heteroatoms. The van der Waals surface area contributed by atoms with Crippen LogP contribution < -0.4 is 14.2 Å². The molecule has 0 saturated carbocycles. The number of halogens is 1. The maximum Gasteiger partial charge on any atom is 0.338 e. The summed E-state index contributed by atoms with van der Waals surface area (Å²) in [5.41, 5.74) is 1.41. The summed E-state index contributed by atoms with van der Waals surface area (Å²) in [5.74, 6) is 0.247. The van der Waals surface area contributed by atoms with E-state index in [1.165, 1.54) is 0 Å². The number of hydrogen-bond acceptors (Lipinski definition) is 5. The molecule has 140 valence electrons. The maximum atomic E-state index is 11.6. The SMILES string of the molecule is C=C(C)C(=O)Oc1ccc(OCc2ccc(OC(=O)C(=C)C)c(Cl)c2)cc1. The normalized spacial score (nSPS) is 10.0. The summed E-state index contributed by atoms with van der Waals surface area (Å²) in [4.78, 5) is 23.0. The third kappa shape index (κ3) is 6.01. The van der Waals surface area contributed by atoms with Crippen molar-refractivity contribution in [2.75, 3.05) is 0 Å². The number of ether oxygens (including phenoxy) is 3. The van der Waals surface area contributed by atoms with Gasteiger partial charge in [0.15, 0.2) is 0 Å². The van der Waals surface area contributed by atoms with E-state index in [0.29, 0.717) is 22.1 Å². The van der Waals surface area contributed by atoms with Crippen LogP contribution in [-0.2, 0) is 16.2 Å². The molecule has 2 rings (SSSR count). The third-order valence-corrected chi connectivity index (χ3v) is 3.63. The maximum absolute atomic E-state index is 11.6. The number of carbonyl (C=O) groups excluding carboxylic acids is 2. The van der Waals surface area contributed by atoms with Crippen LogP contribution in [0, 0.1) is 0 Å². The van der Waals surface area contributed by atoms with Gasteiger partial charge in [0, 0.05) is 11.1 Å². The molecule has 0 unspecified atom stereocenters. The molecule has 0 aliphatic rings. The van der Waals surface area contributed by atoms with Crippen LogP contribution in [-0.4, -0.2) is 11.9 Å². The molecule has 0 aliphatic heterocycles. The lowest BCUT2D eigenvalue weighted by atomic mass is 10.2. The minimum Gasteiger partial charge on any atom is -0.489 e. The van der Waals surface area contributed by atoms with Crippen LogP contribution in [0.1, 0.15) is 19.4 Å². The fourth-order valence-corrected chi connectivity index (χ4v) is 2.11. The molecule has 27 heavy (non-hydrogen) atoms. The van der Waals surface area contributed by atoms with Gasteiger partial charge in [-0.3, -0.25) is 0 Å². The summed E-state index contributed by atoms with van der Waals surface area (Å²) in [6.07, 6.45) is 0. The van der Waals surface area contributed by atoms with E-state index >= 15 is 0 Å². The standard InChI is InChI=1S/C21H19ClO5/c1-13(2)20(23)26-17-8-6-16(7-9-17)25-12-15-5-10-19(18(22)11-15)27-21(24)14(3)4/h5-11H,1,3,12H2,2,4H3. The van der Waals surface area contributed by atoms with Crippen LogP contribution >= 0.6 is 11.6 Å². The molecule has 0 radical (unpaired) electrons. The van der Waals surface area contributed by atoms with Gasteiger partial charge in [-0.1, -0.05) is 30.8 Å². The second kappa shape index (κ2) is 9.05. The van der Waals surface area contributed by atoms with Crippen molar-refractivity contribution in [3.63, 3.8) is 0 Å². The summed E-state index contributed by atoms with van der Waals surface area (Å²) < 4.78 is 15.9. The molecule has 0 saturated heterocycles. The largest absolute Gasteiger partial charge is 0.489 e. The highest BCUT2D eigenvalue weighted by Gasteiger charge is 2.10. The molecule has 0 fully saturated rings. The van der Waals surface area contributed by atoms with Gasteiger partial charge < -0.3 is 14.2 Å². The quantitative estimate of drug-likeness (QED) is 0.385. The fraction of sp³-hybridized carbons (Fsp3) is 0.143. The predicted octanol–water partition coefficient (Wildman–Crippen LogP) is 4.88. The Morgan fingerprint density at radius 1 is 0.889 bits per heavy atom. The van der Waals surface area contributed by atoms with Crippen LogP contribution in [0.15, 0.2) is 66.8 Å². The molecule has 0 aliphatic carbocycles. The molecule has 0 spiro atoms. The minimum absolute atomic E-state index is 0.261. The van der Waals surface area contributed by atoms with Crippen molar-refractivity contribution in [1.82, 2.24) is 0 Å². The highest BCUT2D eigenvalue weighted by Crippen LogP contribution is 2.27. The first kappa shape index (κ1) is 20.3. The molecule has 0 atom stereocenters. The van der Waals surface area contributed by atoms with E-state index in [1.54, 1.807) is 56.3 Å². The van der Waals surface area contributed by atoms with E-state index in [1.807, 2.05) is 0 Å². The van der Waals surface area contributed by atoms with Crippen LogP contribution in [0.4, 0.5) is 0 Å². The number of benzene rings is 2. The van der Waals surface area contributed by atoms with Crippen molar-refractivity contribution in [2.45, 2.75) is 20.5 Å². The summed E-state index contributed by atoms with van der Waals surface area (Å²) in [6, 6.07) is 11.6. The molecule has 2 aromatic rings. The van der Waals surface area contributed by atoms with Crippen LogP contribution in [0.5, 0.6) is 17.2 Å². The first-order chi connectivity index (χ1) is 12.8. The van der Waals surface area contributed by atoms with E-state index < -0.39 is 11.9 Å². The van der Waals surface area contributed by atoms with Crippen LogP contribution in [0.3, 0.4) is 0 Å². The molecule has 2 aromatic carbocycles. The zero-order valence-electron chi connectivity index (χ0n) is 15.1. The van der Waals surface area contributed by atoms with Gasteiger partial charge in [-0.05, 0) is 55.8 Å². The Morgan fingerprint density at radius 3 is 2.00 bits per heavy atom. The van der Waals surface area contributed by atoms with Crippen molar-refractivity contribution < 1.29 is 23.8 Å². The van der Waals surface area contributed by atoms with Gasteiger partial charge in [0.05, 0.1) is 5.02 Å². The Hall–Kier alpha value is -3.05. The van der Waals surface area contributed by atoms with Gasteiger partial charge in [-0.25, -0.2) is 9.59 Å². The Bertz CT molecular complexity index is 884. The number of rotatable bonds is 7. The van der Waals surface area contributed by atoms with E-state index in [2.05, 4.69) is 13.2 Å². The summed E-state index contributed by atoms with van der Waals surface area (Å²) >= 11 is 6.14. The second-order valence-corrected chi connectivity index (χ2v) is 6.27. The molecule has 0 aromatic heterocycles. The van der Waals surface area contributed by atoms with Gasteiger partial charge in [-0.2, -0.15) is 0 Å². The van der Waals surface area contributed by atoms with Crippen LogP contribution in [0.25, 0.3) is 0 Å². The van der Waals surface area contributed by atoms with E-state index in [0.717, 1.165) is 5.56 Å². The Labute approximate surface area is 162 Å². The molecular weight excluding hydrogens is 368 g/mol. The zero-order valence-corrected chi connectivity index (χ0v) is 15.8. The van der Waals surface area contributed by atoms with E-state index in [4.69, 9.17) is 25.8 Å². The van der Waals surface area contributed by atoms with Crippen molar-refractivity contribution >= 4 is 23.5 Å². The molecule has 0 bridgehead atoms. The fourth-order valence-electron chi connectivity index (χ4n) is 1.87.